The van der Waals surface area contributed by atoms with E-state index in [9.17, 15) is 19.4 Å². The summed E-state index contributed by atoms with van der Waals surface area (Å²) < 4.78 is 30.3. The van der Waals surface area contributed by atoms with Crippen LogP contribution < -0.4 is 11.5 Å². The molecule has 0 spiro atoms. The fourth-order valence-electron chi connectivity index (χ4n) is 5.14. The lowest BCUT2D eigenvalue weighted by atomic mass is 10.0. The molecule has 0 saturated heterocycles. The summed E-state index contributed by atoms with van der Waals surface area (Å²) in [5.74, 6) is -0.201. The Morgan fingerprint density at radius 1 is 0.932 bits per heavy atom. The van der Waals surface area contributed by atoms with Crippen molar-refractivity contribution in [2.75, 3.05) is 38.5 Å². The smallest absolute Gasteiger partial charge is 0.353 e. The zero-order valence-electron chi connectivity index (χ0n) is 26.9. The van der Waals surface area contributed by atoms with Crippen LogP contribution in [0.25, 0.3) is 11.0 Å². The SMILES string of the molecule is CCCCCCCCCCCCCCCCOCCCOP(=O)(O)CO[C@H](CO)Cn1cc(C(N)=O)c2c(N)nc(C)nc21. The van der Waals surface area contributed by atoms with Crippen LogP contribution >= 0.6 is 7.60 Å². The van der Waals surface area contributed by atoms with E-state index in [1.54, 1.807) is 11.5 Å². The van der Waals surface area contributed by atoms with E-state index in [0.717, 1.165) is 12.8 Å². The molecule has 2 aromatic heterocycles. The van der Waals surface area contributed by atoms with Crippen LogP contribution in [0.15, 0.2) is 6.20 Å². The number of primary amides is 1. The van der Waals surface area contributed by atoms with Crippen LogP contribution in [0.5, 0.6) is 0 Å². The molecule has 0 fully saturated rings. The molecule has 2 heterocycles. The third-order valence-electron chi connectivity index (χ3n) is 7.57. The molecule has 0 aromatic carbocycles. The van der Waals surface area contributed by atoms with Gasteiger partial charge in [-0.15, -0.1) is 0 Å². The van der Waals surface area contributed by atoms with E-state index in [1.165, 1.54) is 83.2 Å². The number of aromatic nitrogens is 3. The van der Waals surface area contributed by atoms with Gasteiger partial charge in [-0.05, 0) is 19.8 Å². The van der Waals surface area contributed by atoms with E-state index < -0.39 is 32.6 Å². The van der Waals surface area contributed by atoms with Crippen molar-refractivity contribution < 1.29 is 33.4 Å². The molecule has 13 heteroatoms. The zero-order chi connectivity index (χ0) is 32.2. The lowest BCUT2D eigenvalue weighted by Crippen LogP contribution is -2.25. The van der Waals surface area contributed by atoms with E-state index in [2.05, 4.69) is 16.9 Å². The van der Waals surface area contributed by atoms with Gasteiger partial charge in [0.2, 0.25) is 0 Å². The minimum atomic E-state index is -4.05. The topological polar surface area (TPSA) is 185 Å². The van der Waals surface area contributed by atoms with Crippen molar-refractivity contribution in [1.29, 1.82) is 0 Å². The maximum absolute atomic E-state index is 12.4. The first-order chi connectivity index (χ1) is 21.2. The van der Waals surface area contributed by atoms with Gasteiger partial charge in [0, 0.05) is 19.4 Å². The summed E-state index contributed by atoms with van der Waals surface area (Å²) in [5.41, 5.74) is 11.9. The number of aryl methyl sites for hydroxylation is 1. The number of ether oxygens (including phenoxy) is 2. The number of amides is 1. The molecule has 0 bridgehead atoms. The Morgan fingerprint density at radius 3 is 2.07 bits per heavy atom. The second kappa shape index (κ2) is 21.6. The summed E-state index contributed by atoms with van der Waals surface area (Å²) in [4.78, 5) is 30.5. The van der Waals surface area contributed by atoms with Crippen LogP contribution in [0.2, 0.25) is 0 Å². The number of hydrogen-bond donors (Lipinski definition) is 4. The molecule has 6 N–H and O–H groups in total. The number of fused-ring (bicyclic) bond motifs is 1. The van der Waals surface area contributed by atoms with Crippen LogP contribution in [0, 0.1) is 6.92 Å². The van der Waals surface area contributed by atoms with Crippen LogP contribution in [0.3, 0.4) is 0 Å². The normalized spacial score (nSPS) is 13.8. The van der Waals surface area contributed by atoms with Crippen molar-refractivity contribution in [1.82, 2.24) is 14.5 Å². The minimum Gasteiger partial charge on any atom is -0.394 e. The van der Waals surface area contributed by atoms with Gasteiger partial charge in [0.1, 0.15) is 23.6 Å². The zero-order valence-corrected chi connectivity index (χ0v) is 27.8. The molecule has 252 valence electrons. The molecule has 1 amide bonds. The number of carbonyl (C=O) groups is 1. The van der Waals surface area contributed by atoms with Gasteiger partial charge >= 0.3 is 7.60 Å². The predicted octanol–water partition coefficient (Wildman–Crippen LogP) is 5.85. The van der Waals surface area contributed by atoms with Crippen molar-refractivity contribution in [3.05, 3.63) is 17.6 Å². The first-order valence-electron chi connectivity index (χ1n) is 16.4. The number of hydrogen-bond acceptors (Lipinski definition) is 9. The van der Waals surface area contributed by atoms with Gasteiger partial charge in [0.05, 0.1) is 36.8 Å². The van der Waals surface area contributed by atoms with E-state index in [-0.39, 0.29) is 24.5 Å². The molecule has 0 radical (unpaired) electrons. The Morgan fingerprint density at radius 2 is 1.50 bits per heavy atom. The lowest BCUT2D eigenvalue weighted by molar-refractivity contribution is 0.0176. The Labute approximate surface area is 262 Å². The van der Waals surface area contributed by atoms with Gasteiger partial charge < -0.3 is 40.0 Å². The number of anilines is 1. The molecule has 2 rings (SSSR count). The summed E-state index contributed by atoms with van der Waals surface area (Å²) in [6.07, 6.45) is 18.8. The Balaban J connectivity index is 1.53. The molecule has 0 aliphatic carbocycles. The van der Waals surface area contributed by atoms with E-state index in [4.69, 9.17) is 25.5 Å². The highest BCUT2D eigenvalue weighted by Crippen LogP contribution is 2.42. The van der Waals surface area contributed by atoms with E-state index in [0.29, 0.717) is 36.5 Å². The molecule has 12 nitrogen and oxygen atoms in total. The first kappa shape index (κ1) is 38.1. The lowest BCUT2D eigenvalue weighted by Gasteiger charge is -2.19. The van der Waals surface area contributed by atoms with Crippen molar-refractivity contribution in [2.24, 2.45) is 5.73 Å². The van der Waals surface area contributed by atoms with Gasteiger partial charge in [-0.2, -0.15) is 0 Å². The molecule has 2 atom stereocenters. The van der Waals surface area contributed by atoms with E-state index >= 15 is 0 Å². The average Bonchev–Trinajstić information content (AvgIpc) is 3.35. The molecule has 44 heavy (non-hydrogen) atoms. The number of nitrogens with zero attached hydrogens (tertiary/aromatic N) is 3. The van der Waals surface area contributed by atoms with Gasteiger partial charge in [-0.1, -0.05) is 90.4 Å². The number of rotatable bonds is 27. The minimum absolute atomic E-state index is 0.0310. The maximum Gasteiger partial charge on any atom is 0.353 e. The Hall–Kier alpha value is -2.08. The monoisotopic (exact) mass is 641 g/mol. The third-order valence-corrected chi connectivity index (χ3v) is 8.63. The largest absolute Gasteiger partial charge is 0.394 e. The standard InChI is InChI=1S/C31H56N5O7P/c1-3-4-5-6-7-8-9-10-11-12-13-14-15-16-18-41-19-17-20-43-44(39,40)24-42-26(23-37)21-36-22-27(30(33)38)28-29(32)34-25(2)35-31(28)36/h22,26,37H,3-21,23-24H2,1-2H3,(H2,33,38)(H,39,40)(H2,32,34,35)/t26-/m0/s1. The molecule has 2 aromatic rings. The van der Waals surface area contributed by atoms with Crippen LogP contribution in [0.1, 0.15) is 119 Å². The number of unbranched alkanes of at least 4 members (excludes halogenated alkanes) is 13. The Bertz CT molecular complexity index is 1150. The van der Waals surface area contributed by atoms with E-state index in [1.807, 2.05) is 0 Å². The summed E-state index contributed by atoms with van der Waals surface area (Å²) in [5, 5.41) is 10.1. The summed E-state index contributed by atoms with van der Waals surface area (Å²) in [6.45, 7) is 4.68. The van der Waals surface area contributed by atoms with Crippen molar-refractivity contribution in [3.8, 4) is 0 Å². The van der Waals surface area contributed by atoms with Crippen molar-refractivity contribution in [3.63, 3.8) is 0 Å². The van der Waals surface area contributed by atoms with Crippen molar-refractivity contribution in [2.45, 2.75) is 123 Å². The number of nitrogen functional groups attached to an aromatic ring is 1. The van der Waals surface area contributed by atoms with Crippen LogP contribution in [-0.4, -0.2) is 69.3 Å². The highest BCUT2D eigenvalue weighted by molar-refractivity contribution is 7.52. The fraction of sp³-hybridized carbons (Fsp3) is 0.774. The predicted molar refractivity (Wildman–Crippen MR) is 174 cm³/mol. The van der Waals surface area contributed by atoms with Crippen molar-refractivity contribution >= 4 is 30.4 Å². The summed E-state index contributed by atoms with van der Waals surface area (Å²) in [7, 11) is -4.05. The van der Waals surface area contributed by atoms with Gasteiger partial charge in [-0.3, -0.25) is 9.36 Å². The number of nitrogens with two attached hydrogens (primary N) is 2. The fourth-order valence-corrected chi connectivity index (χ4v) is 6.03. The molecular weight excluding hydrogens is 585 g/mol. The quantitative estimate of drug-likeness (QED) is 0.0682. The highest BCUT2D eigenvalue weighted by Gasteiger charge is 2.24. The Kier molecular flexibility index (Phi) is 18.7. The second-order valence-corrected chi connectivity index (χ2v) is 13.3. The molecule has 0 aliphatic rings. The summed E-state index contributed by atoms with van der Waals surface area (Å²) >= 11 is 0. The number of aliphatic hydroxyl groups is 1. The first-order valence-corrected chi connectivity index (χ1v) is 18.1. The highest BCUT2D eigenvalue weighted by atomic mass is 31.2. The molecule has 0 aliphatic heterocycles. The number of carbonyl (C=O) groups excluding carboxylic acids is 1. The van der Waals surface area contributed by atoms with Crippen LogP contribution in [-0.2, 0) is 25.1 Å². The summed E-state index contributed by atoms with van der Waals surface area (Å²) in [6, 6.07) is 0. The van der Waals surface area contributed by atoms with Gasteiger partial charge in [0.15, 0.2) is 0 Å². The molecule has 1 unspecified atom stereocenters. The molecular formula is C31H56N5O7P. The number of aliphatic hydroxyl groups excluding tert-OH is 1. The maximum atomic E-state index is 12.4. The average molecular weight is 642 g/mol. The third kappa shape index (κ3) is 14.8. The van der Waals surface area contributed by atoms with Crippen LogP contribution in [0.4, 0.5) is 5.82 Å². The molecule has 0 saturated carbocycles. The van der Waals surface area contributed by atoms with Gasteiger partial charge in [-0.25, -0.2) is 9.97 Å². The van der Waals surface area contributed by atoms with Gasteiger partial charge in [0.25, 0.3) is 5.91 Å². The second-order valence-electron chi connectivity index (χ2n) is 11.5.